The number of oxazole rings is 1. The number of hydrogen-bond acceptors (Lipinski definition) is 10. The Morgan fingerprint density at radius 1 is 1.06 bits per heavy atom. The molecule has 1 aliphatic carbocycles. The van der Waals surface area contributed by atoms with Gasteiger partial charge in [-0.1, -0.05) is 91.3 Å². The number of aromatic amines is 1. The Bertz CT molecular complexity index is 2030. The molecule has 2 heterocycles. The van der Waals surface area contributed by atoms with Crippen LogP contribution in [0.15, 0.2) is 82.1 Å². The summed E-state index contributed by atoms with van der Waals surface area (Å²) in [5.74, 6) is 0.848. The normalized spacial score (nSPS) is 15.6. The van der Waals surface area contributed by atoms with Gasteiger partial charge in [0.1, 0.15) is 22.6 Å². The highest BCUT2D eigenvalue weighted by Crippen LogP contribution is 2.43. The Morgan fingerprint density at radius 3 is 2.57 bits per heavy atom. The summed E-state index contributed by atoms with van der Waals surface area (Å²) < 4.78 is 12.6. The predicted octanol–water partition coefficient (Wildman–Crippen LogP) is 6.94. The van der Waals surface area contributed by atoms with Crippen molar-refractivity contribution in [2.75, 3.05) is 19.6 Å². The molecule has 53 heavy (non-hydrogen) atoms. The van der Waals surface area contributed by atoms with E-state index < -0.39 is 23.4 Å². The second kappa shape index (κ2) is 16.7. The highest BCUT2D eigenvalue weighted by molar-refractivity contribution is 7.16. The number of aliphatic hydroxyl groups excluding tert-OH is 1. The number of H-pyrrole nitrogens is 1. The van der Waals surface area contributed by atoms with Crippen LogP contribution in [0.4, 0.5) is 4.79 Å². The first-order valence-electron chi connectivity index (χ1n) is 18.4. The fourth-order valence-corrected chi connectivity index (χ4v) is 8.06. The van der Waals surface area contributed by atoms with E-state index in [0.717, 1.165) is 60.1 Å². The molecule has 1 saturated carbocycles. The fourth-order valence-electron chi connectivity index (χ4n) is 7.14. The molecule has 12 heteroatoms. The van der Waals surface area contributed by atoms with Crippen molar-refractivity contribution in [3.05, 3.63) is 116 Å². The molecule has 6 rings (SSSR count). The van der Waals surface area contributed by atoms with Crippen LogP contribution in [0.2, 0.25) is 0 Å². The summed E-state index contributed by atoms with van der Waals surface area (Å²) in [6.07, 6.45) is 6.51. The number of aromatic hydroxyl groups is 1. The van der Waals surface area contributed by atoms with Gasteiger partial charge in [0.15, 0.2) is 5.60 Å². The van der Waals surface area contributed by atoms with Crippen LogP contribution in [-0.4, -0.2) is 61.5 Å². The largest absolute Gasteiger partial charge is 0.506 e. The quantitative estimate of drug-likeness (QED) is 0.0759. The molecule has 0 radical (unpaired) electrons. The number of aromatic nitrogens is 2. The van der Waals surface area contributed by atoms with Crippen LogP contribution in [0.5, 0.6) is 5.75 Å². The monoisotopic (exact) mass is 742 g/mol. The van der Waals surface area contributed by atoms with Gasteiger partial charge in [0, 0.05) is 37.5 Å². The Morgan fingerprint density at radius 2 is 1.81 bits per heavy atom. The van der Waals surface area contributed by atoms with Gasteiger partial charge in [-0.05, 0) is 69.3 Å². The lowest BCUT2D eigenvalue weighted by Crippen LogP contribution is -2.38. The molecule has 0 aliphatic heterocycles. The molecule has 1 fully saturated rings. The van der Waals surface area contributed by atoms with Crippen LogP contribution >= 0.6 is 11.3 Å². The third-order valence-corrected chi connectivity index (χ3v) is 10.7. The molecule has 1 aliphatic rings. The number of carbonyl (C=O) groups is 1. The van der Waals surface area contributed by atoms with Gasteiger partial charge in [-0.2, -0.15) is 0 Å². The summed E-state index contributed by atoms with van der Waals surface area (Å²) in [5, 5.41) is 36.4. The van der Waals surface area contributed by atoms with E-state index in [4.69, 9.17) is 9.15 Å². The molecule has 3 aromatic carbocycles. The third kappa shape index (κ3) is 9.36. The van der Waals surface area contributed by atoms with Gasteiger partial charge < -0.3 is 39.7 Å². The van der Waals surface area contributed by atoms with Crippen LogP contribution in [0.25, 0.3) is 10.2 Å². The first kappa shape index (κ1) is 38.2. The van der Waals surface area contributed by atoms with E-state index >= 15 is 0 Å². The Kier molecular flexibility index (Phi) is 12.0. The van der Waals surface area contributed by atoms with Crippen LogP contribution in [0.3, 0.4) is 0 Å². The molecule has 0 unspecified atom stereocenters. The van der Waals surface area contributed by atoms with E-state index in [1.54, 1.807) is 17.2 Å². The predicted molar refractivity (Wildman–Crippen MR) is 205 cm³/mol. The summed E-state index contributed by atoms with van der Waals surface area (Å²) in [5.41, 5.74) is 1.69. The van der Waals surface area contributed by atoms with E-state index in [-0.39, 0.29) is 23.1 Å². The van der Waals surface area contributed by atoms with Gasteiger partial charge in [0.05, 0.1) is 17.0 Å². The first-order valence-corrected chi connectivity index (χ1v) is 19.2. The molecule has 0 bridgehead atoms. The van der Waals surface area contributed by atoms with Gasteiger partial charge in [0.2, 0.25) is 5.89 Å². The lowest BCUT2D eigenvalue weighted by Gasteiger charge is -2.36. The van der Waals surface area contributed by atoms with Crippen molar-refractivity contribution >= 4 is 27.6 Å². The molecule has 282 valence electrons. The molecule has 2 aromatic heterocycles. The van der Waals surface area contributed by atoms with Crippen LogP contribution < -0.4 is 10.2 Å². The van der Waals surface area contributed by atoms with Gasteiger partial charge in [-0.25, -0.2) is 9.78 Å². The number of phenols is 1. The SMILES string of the molecule is CC(C)(C)OC(=O)N(CCc1cnc([C@](O)(c2ccccc2)C2CCCCC2)o1)Cc1cccc(CCNC[C@H](O)c2ccc(O)c3[nH]c(=O)sc23)c1. The lowest BCUT2D eigenvalue weighted by molar-refractivity contribution is -0.0240. The van der Waals surface area contributed by atoms with Crippen LogP contribution in [0.1, 0.15) is 92.9 Å². The summed E-state index contributed by atoms with van der Waals surface area (Å²) in [6, 6.07) is 20.8. The number of phenolic OH excluding ortho intramolecular Hbond substituents is 1. The van der Waals surface area contributed by atoms with Gasteiger partial charge >= 0.3 is 11.0 Å². The van der Waals surface area contributed by atoms with E-state index in [2.05, 4.69) is 21.4 Å². The highest BCUT2D eigenvalue weighted by atomic mass is 32.1. The number of nitrogens with zero attached hydrogens (tertiary/aromatic N) is 2. The summed E-state index contributed by atoms with van der Waals surface area (Å²) >= 11 is 0.963. The standard InChI is InChI=1S/C41H50N4O7S/c1-40(2,3)52-39(49)45(22-20-31-24-43-37(51-31)41(50,29-13-6-4-7-14-29)30-15-8-5-9-16-30)26-28-12-10-11-27(23-28)19-21-42-25-34(47)32-17-18-33(46)35-36(32)53-38(48)44-35/h4,6-7,10-14,17-18,23-24,30,34,42,46-47,50H,5,8-9,15-16,19-22,25-26H2,1-3H3,(H,44,48)/t34-,41-/m0/s1. The number of fused-ring (bicyclic) bond motifs is 1. The molecule has 0 saturated heterocycles. The number of hydrogen-bond donors (Lipinski definition) is 5. The topological polar surface area (TPSA) is 161 Å². The van der Waals surface area contributed by atoms with Crippen molar-refractivity contribution in [2.45, 2.75) is 89.6 Å². The van der Waals surface area contributed by atoms with Crippen molar-refractivity contribution in [1.29, 1.82) is 0 Å². The van der Waals surface area contributed by atoms with E-state index in [9.17, 15) is 24.9 Å². The molecule has 2 atom stereocenters. The number of ether oxygens (including phenoxy) is 1. The number of carbonyl (C=O) groups excluding carboxylic acids is 1. The number of aliphatic hydroxyl groups is 2. The molecule has 5 aromatic rings. The number of amides is 1. The van der Waals surface area contributed by atoms with Gasteiger partial charge in [0.25, 0.3) is 0 Å². The van der Waals surface area contributed by atoms with E-state index in [1.165, 1.54) is 6.07 Å². The Labute approximate surface area is 313 Å². The van der Waals surface area contributed by atoms with E-state index in [0.29, 0.717) is 59.9 Å². The second-order valence-electron chi connectivity index (χ2n) is 14.9. The maximum absolute atomic E-state index is 13.5. The second-order valence-corrected chi connectivity index (χ2v) is 15.9. The van der Waals surface area contributed by atoms with E-state index in [1.807, 2.05) is 69.3 Å². The van der Waals surface area contributed by atoms with Crippen molar-refractivity contribution in [2.24, 2.45) is 5.92 Å². The van der Waals surface area contributed by atoms with Gasteiger partial charge in [-0.15, -0.1) is 0 Å². The summed E-state index contributed by atoms with van der Waals surface area (Å²) in [6.45, 7) is 7.03. The molecule has 11 nitrogen and oxygen atoms in total. The fraction of sp³-hybridized carbons (Fsp3) is 0.439. The minimum Gasteiger partial charge on any atom is -0.506 e. The first-order chi connectivity index (χ1) is 25.4. The smallest absolute Gasteiger partial charge is 0.410 e. The Balaban J connectivity index is 1.10. The molecule has 5 N–H and O–H groups in total. The lowest BCUT2D eigenvalue weighted by atomic mass is 9.73. The molecule has 1 amide bonds. The molecular weight excluding hydrogens is 693 g/mol. The Hall–Kier alpha value is -4.49. The number of thiazole rings is 1. The zero-order valence-corrected chi connectivity index (χ0v) is 31.5. The average Bonchev–Trinajstić information content (AvgIpc) is 3.79. The van der Waals surface area contributed by atoms with Crippen molar-refractivity contribution in [3.63, 3.8) is 0 Å². The van der Waals surface area contributed by atoms with Crippen molar-refractivity contribution in [3.8, 4) is 5.75 Å². The van der Waals surface area contributed by atoms with Gasteiger partial charge in [-0.3, -0.25) is 4.79 Å². The molecular formula is C41H50N4O7S. The number of rotatable bonds is 14. The summed E-state index contributed by atoms with van der Waals surface area (Å²) in [7, 11) is 0. The maximum Gasteiger partial charge on any atom is 0.410 e. The van der Waals surface area contributed by atoms with Crippen molar-refractivity contribution in [1.82, 2.24) is 20.2 Å². The summed E-state index contributed by atoms with van der Waals surface area (Å²) in [4.78, 5) is 33.9. The number of nitrogens with one attached hydrogen (secondary N) is 2. The number of benzene rings is 3. The minimum absolute atomic E-state index is 0.000509. The maximum atomic E-state index is 13.5. The van der Waals surface area contributed by atoms with Crippen LogP contribution in [0, 0.1) is 5.92 Å². The van der Waals surface area contributed by atoms with Crippen LogP contribution in [-0.2, 0) is 29.7 Å². The molecule has 0 spiro atoms. The zero-order valence-electron chi connectivity index (χ0n) is 30.6. The average molecular weight is 743 g/mol. The van der Waals surface area contributed by atoms with Crippen molar-refractivity contribution < 1.29 is 29.3 Å². The zero-order chi connectivity index (χ0) is 37.6. The third-order valence-electron chi connectivity index (χ3n) is 9.81. The minimum atomic E-state index is -1.33. The highest BCUT2D eigenvalue weighted by Gasteiger charge is 2.44.